The van der Waals surface area contributed by atoms with E-state index in [1.807, 2.05) is 47.2 Å². The topological polar surface area (TPSA) is 122 Å². The Bertz CT molecular complexity index is 2800. The van der Waals surface area contributed by atoms with Gasteiger partial charge in [-0.25, -0.2) is 21.6 Å². The average molecular weight is 1070 g/mol. The Morgan fingerprint density at radius 3 is 2.08 bits per heavy atom. The van der Waals surface area contributed by atoms with Crippen LogP contribution in [0.1, 0.15) is 89.1 Å². The number of hydrogen-bond donors (Lipinski definition) is 2. The normalized spacial score (nSPS) is 19.8. The Balaban J connectivity index is 0.900. The van der Waals surface area contributed by atoms with Crippen LogP contribution in [-0.2, 0) is 19.9 Å². The molecule has 18 heteroatoms. The number of benzene rings is 4. The van der Waals surface area contributed by atoms with Crippen molar-refractivity contribution in [1.29, 1.82) is 0 Å². The third-order valence-corrected chi connectivity index (χ3v) is 19.3. The molecule has 3 saturated heterocycles. The van der Waals surface area contributed by atoms with Crippen LogP contribution in [0.2, 0.25) is 5.02 Å². The summed E-state index contributed by atoms with van der Waals surface area (Å²) in [4.78, 5) is 21.8. The van der Waals surface area contributed by atoms with Crippen LogP contribution in [0.3, 0.4) is 0 Å². The zero-order valence-corrected chi connectivity index (χ0v) is 45.1. The molecule has 4 aliphatic rings. The number of piperidine rings is 1. The van der Waals surface area contributed by atoms with Crippen LogP contribution in [0.25, 0.3) is 5.57 Å². The molecule has 0 bridgehead atoms. The first-order chi connectivity index (χ1) is 33.9. The number of likely N-dealkylation sites (tertiary alicyclic amines) is 1. The van der Waals surface area contributed by atoms with Crippen LogP contribution < -0.4 is 14.9 Å². The van der Waals surface area contributed by atoms with Gasteiger partial charge in [0.05, 0.1) is 10.6 Å². The second-order valence-corrected chi connectivity index (χ2v) is 27.0. The lowest BCUT2D eigenvalue weighted by Gasteiger charge is -2.55. The Morgan fingerprint density at radius 2 is 1.46 bits per heavy atom. The SMILES string of the molecule is CC1(C)CCC(c2ccc(Cl)cc2)=C(CN2CCC3(CC2)CN(c2ccc(C(=O)NS(=O)(=O)c4ccc(NC(CCN5CCN(C(C)(C)C)CC5)CSc5ccccc5)c(S(=O)(=O)C(F)(F)F)c4)cc2)C3)C1. The summed E-state index contributed by atoms with van der Waals surface area (Å²) in [5, 5.41) is 3.79. The van der Waals surface area contributed by atoms with Gasteiger partial charge in [0.2, 0.25) is 0 Å². The predicted octanol–water partition coefficient (Wildman–Crippen LogP) is 10.7. The van der Waals surface area contributed by atoms with Crippen LogP contribution >= 0.6 is 23.4 Å². The Hall–Kier alpha value is -4.10. The molecule has 1 aliphatic carbocycles. The highest BCUT2D eigenvalue weighted by Gasteiger charge is 2.49. The maximum atomic E-state index is 14.3. The van der Waals surface area contributed by atoms with Gasteiger partial charge in [0.15, 0.2) is 0 Å². The average Bonchev–Trinajstić information content (AvgIpc) is 3.32. The van der Waals surface area contributed by atoms with E-state index in [9.17, 15) is 34.8 Å². The van der Waals surface area contributed by atoms with Gasteiger partial charge >= 0.3 is 5.51 Å². The summed E-state index contributed by atoms with van der Waals surface area (Å²) >= 11 is 7.69. The summed E-state index contributed by atoms with van der Waals surface area (Å²) < 4.78 is 98.7. The van der Waals surface area contributed by atoms with E-state index in [-0.39, 0.29) is 27.6 Å². The molecule has 1 unspecified atom stereocenters. The van der Waals surface area contributed by atoms with Crippen molar-refractivity contribution in [1.82, 2.24) is 19.4 Å². The fourth-order valence-electron chi connectivity index (χ4n) is 10.6. The Kier molecular flexibility index (Phi) is 16.3. The molecule has 72 heavy (non-hydrogen) atoms. The molecule has 0 aromatic heterocycles. The van der Waals surface area contributed by atoms with Gasteiger partial charge in [-0.15, -0.1) is 11.8 Å². The number of rotatable bonds is 16. The van der Waals surface area contributed by atoms with Gasteiger partial charge in [0.1, 0.15) is 4.90 Å². The van der Waals surface area contributed by atoms with Gasteiger partial charge < -0.3 is 15.1 Å². The van der Waals surface area contributed by atoms with Crippen molar-refractivity contribution >= 4 is 66.1 Å². The van der Waals surface area contributed by atoms with Crippen molar-refractivity contribution in [3.8, 4) is 0 Å². The van der Waals surface area contributed by atoms with E-state index in [0.717, 1.165) is 119 Å². The van der Waals surface area contributed by atoms with Gasteiger partial charge in [-0.3, -0.25) is 14.6 Å². The van der Waals surface area contributed by atoms with Crippen molar-refractivity contribution in [2.75, 3.05) is 81.4 Å². The van der Waals surface area contributed by atoms with Crippen molar-refractivity contribution in [2.24, 2.45) is 10.8 Å². The van der Waals surface area contributed by atoms with Crippen LogP contribution in [-0.4, -0.2) is 126 Å². The van der Waals surface area contributed by atoms with Crippen LogP contribution in [0.15, 0.2) is 117 Å². The molecule has 2 N–H and O–H groups in total. The summed E-state index contributed by atoms with van der Waals surface area (Å²) in [6, 6.07) is 26.2. The molecule has 1 amide bonds. The van der Waals surface area contributed by atoms with Crippen LogP contribution in [0.4, 0.5) is 24.5 Å². The van der Waals surface area contributed by atoms with Gasteiger partial charge in [0.25, 0.3) is 25.8 Å². The number of halogens is 4. The molecule has 0 radical (unpaired) electrons. The number of piperazine rings is 1. The number of alkyl halides is 3. The van der Waals surface area contributed by atoms with E-state index >= 15 is 0 Å². The fraction of sp³-hybridized carbons (Fsp3) is 0.500. The molecule has 1 atom stereocenters. The molecule has 11 nitrogen and oxygen atoms in total. The molecule has 390 valence electrons. The monoisotopic (exact) mass is 1070 g/mol. The maximum absolute atomic E-state index is 14.3. The molecular formula is C54H68ClF3N6O5S3. The Labute approximate surface area is 433 Å². The molecule has 8 rings (SSSR count). The maximum Gasteiger partial charge on any atom is 0.501 e. The predicted molar refractivity (Wildman–Crippen MR) is 284 cm³/mol. The lowest BCUT2D eigenvalue weighted by molar-refractivity contribution is -0.0435. The number of allylic oxidation sites excluding steroid dienone is 1. The molecule has 3 fully saturated rings. The van der Waals surface area contributed by atoms with E-state index in [4.69, 9.17) is 11.6 Å². The number of amides is 1. The number of carbonyl (C=O) groups excluding carboxylic acids is 1. The van der Waals surface area contributed by atoms with Crippen molar-refractivity contribution < 1.29 is 34.8 Å². The van der Waals surface area contributed by atoms with E-state index in [1.165, 1.54) is 40.6 Å². The highest BCUT2D eigenvalue weighted by molar-refractivity contribution is 7.99. The summed E-state index contributed by atoms with van der Waals surface area (Å²) in [5.41, 5.74) is -0.511. The zero-order valence-electron chi connectivity index (χ0n) is 41.9. The summed E-state index contributed by atoms with van der Waals surface area (Å²) in [5.74, 6) is -0.622. The molecule has 1 spiro atoms. The summed E-state index contributed by atoms with van der Waals surface area (Å²) in [6.07, 6.45) is 5.90. The molecule has 0 saturated carbocycles. The minimum absolute atomic E-state index is 0.0176. The molecule has 3 aliphatic heterocycles. The zero-order chi connectivity index (χ0) is 51.7. The van der Waals surface area contributed by atoms with Crippen molar-refractivity contribution in [3.63, 3.8) is 0 Å². The highest BCUT2D eigenvalue weighted by Crippen LogP contribution is 2.46. The number of nitrogens with one attached hydrogen (secondary N) is 2. The van der Waals surface area contributed by atoms with Gasteiger partial charge in [0, 0.05) is 96.3 Å². The third kappa shape index (κ3) is 13.0. The molecule has 4 aromatic rings. The van der Waals surface area contributed by atoms with Gasteiger partial charge in [-0.1, -0.05) is 61.4 Å². The number of hydrogen-bond acceptors (Lipinski definition) is 11. The van der Waals surface area contributed by atoms with Crippen molar-refractivity contribution in [3.05, 3.63) is 119 Å². The van der Waals surface area contributed by atoms with Gasteiger partial charge in [-0.2, -0.15) is 13.2 Å². The van der Waals surface area contributed by atoms with E-state index < -0.39 is 47.1 Å². The number of sulfonamides is 1. The van der Waals surface area contributed by atoms with Crippen molar-refractivity contribution in [2.45, 2.75) is 105 Å². The minimum atomic E-state index is -6.06. The van der Waals surface area contributed by atoms with Gasteiger partial charge in [-0.05, 0) is 156 Å². The second kappa shape index (κ2) is 21.6. The quantitative estimate of drug-likeness (QED) is 0.104. The summed E-state index contributed by atoms with van der Waals surface area (Å²) in [6.45, 7) is 19.8. The van der Waals surface area contributed by atoms with E-state index in [1.54, 1.807) is 12.1 Å². The first-order valence-electron chi connectivity index (χ1n) is 24.9. The minimum Gasteiger partial charge on any atom is -0.380 e. The number of sulfone groups is 1. The number of carbonyl (C=O) groups is 1. The first kappa shape index (κ1) is 54.2. The lowest BCUT2D eigenvalue weighted by atomic mass is 9.70. The number of anilines is 2. The summed E-state index contributed by atoms with van der Waals surface area (Å²) in [7, 11) is -10.9. The standard InChI is InChI=1S/C54H68ClF3N6O5S3/c1-51(2,3)64-31-29-61(30-32-64)26-22-43(36-70-45-9-7-6-8-10-45)59-48-20-19-46(33-49(48)71(66,67)54(56,57)58)72(68,69)60-50(65)40-13-17-44(18-14-40)63-37-53(38-63)24-27-62(28-25-53)35-41-34-52(4,5)23-21-47(41)39-11-15-42(55)16-12-39/h6-20,33,43,59H,21-32,34-38H2,1-5H3,(H,60,65). The fourth-order valence-corrected chi connectivity index (χ4v) is 13.7. The second-order valence-electron chi connectivity index (χ2n) is 21.9. The smallest absolute Gasteiger partial charge is 0.380 e. The lowest BCUT2D eigenvalue weighted by Crippen LogP contribution is -2.60. The van der Waals surface area contributed by atoms with E-state index in [2.05, 4.69) is 71.7 Å². The third-order valence-electron chi connectivity index (χ3n) is 15.0. The largest absolute Gasteiger partial charge is 0.501 e. The first-order valence-corrected chi connectivity index (χ1v) is 29.2. The number of nitrogens with zero attached hydrogens (tertiary/aromatic N) is 4. The highest BCUT2D eigenvalue weighted by atomic mass is 35.5. The van der Waals surface area contributed by atoms with Crippen LogP contribution in [0.5, 0.6) is 0 Å². The molecule has 3 heterocycles. The number of thioether (sulfide) groups is 1. The van der Waals surface area contributed by atoms with E-state index in [0.29, 0.717) is 24.8 Å². The Morgan fingerprint density at radius 1 is 0.806 bits per heavy atom. The van der Waals surface area contributed by atoms with Crippen LogP contribution in [0, 0.1) is 10.8 Å². The molecular weight excluding hydrogens is 1000 g/mol. The molecule has 4 aromatic carbocycles.